The molecule has 1 aromatic carbocycles. The van der Waals surface area contributed by atoms with Crippen LogP contribution in [0.1, 0.15) is 28.8 Å². The molecule has 3 rings (SSSR count). The summed E-state index contributed by atoms with van der Waals surface area (Å²) < 4.78 is 26.9. The van der Waals surface area contributed by atoms with Gasteiger partial charge < -0.3 is 11.1 Å². The lowest BCUT2D eigenvalue weighted by atomic mass is 10.0. The molecule has 0 aliphatic carbocycles. The van der Waals surface area contributed by atoms with Crippen LogP contribution in [-0.2, 0) is 16.4 Å². The van der Waals surface area contributed by atoms with Gasteiger partial charge in [0, 0.05) is 31.2 Å². The summed E-state index contributed by atoms with van der Waals surface area (Å²) in [5.74, 6) is -0.204. The Morgan fingerprint density at radius 2 is 2.19 bits per heavy atom. The predicted octanol–water partition coefficient (Wildman–Crippen LogP) is 0.0843. The Bertz CT molecular complexity index is 672. The van der Waals surface area contributed by atoms with Gasteiger partial charge in [-0.1, -0.05) is 6.07 Å². The Morgan fingerprint density at radius 1 is 1.38 bits per heavy atom. The van der Waals surface area contributed by atoms with Crippen LogP contribution in [0.5, 0.6) is 0 Å². The van der Waals surface area contributed by atoms with Crippen molar-refractivity contribution in [2.75, 3.05) is 19.6 Å². The minimum Gasteiger partial charge on any atom is -0.352 e. The van der Waals surface area contributed by atoms with E-state index in [1.54, 1.807) is 12.1 Å². The number of hydrogen-bond donors (Lipinski definition) is 2. The van der Waals surface area contributed by atoms with Crippen molar-refractivity contribution in [2.24, 2.45) is 5.73 Å². The minimum atomic E-state index is -3.58. The van der Waals surface area contributed by atoms with Crippen LogP contribution in [0.3, 0.4) is 0 Å². The number of nitrogens with one attached hydrogen (secondary N) is 1. The number of amides is 1. The Morgan fingerprint density at radius 3 is 2.95 bits per heavy atom. The summed E-state index contributed by atoms with van der Waals surface area (Å²) in [5.41, 5.74) is 7.02. The van der Waals surface area contributed by atoms with Crippen molar-refractivity contribution in [3.05, 3.63) is 29.3 Å². The van der Waals surface area contributed by atoms with Crippen LogP contribution >= 0.6 is 0 Å². The maximum absolute atomic E-state index is 12.7. The topological polar surface area (TPSA) is 92.5 Å². The number of carbonyl (C=O) groups excluding carboxylic acids is 1. The molecule has 0 aromatic heterocycles. The maximum atomic E-state index is 12.7. The molecule has 3 N–H and O–H groups in total. The highest BCUT2D eigenvalue weighted by molar-refractivity contribution is 7.89. The number of sulfonamides is 1. The van der Waals surface area contributed by atoms with Gasteiger partial charge in [0.15, 0.2) is 0 Å². The van der Waals surface area contributed by atoms with Crippen molar-refractivity contribution < 1.29 is 13.2 Å². The van der Waals surface area contributed by atoms with Crippen LogP contribution in [0.15, 0.2) is 23.1 Å². The Kier molecular flexibility index (Phi) is 3.73. The number of hydrogen-bond acceptors (Lipinski definition) is 4. The number of nitrogens with two attached hydrogens (primary N) is 1. The molecule has 0 radical (unpaired) electrons. The Balaban J connectivity index is 2.00. The third-order valence-corrected chi connectivity index (χ3v) is 6.16. The van der Waals surface area contributed by atoms with E-state index in [0.29, 0.717) is 25.2 Å². The highest BCUT2D eigenvalue weighted by Gasteiger charge is 2.35. The molecule has 6 nitrogen and oxygen atoms in total. The van der Waals surface area contributed by atoms with Crippen molar-refractivity contribution in [3.63, 3.8) is 0 Å². The summed E-state index contributed by atoms with van der Waals surface area (Å²) in [7, 11) is -3.58. The molecule has 0 bridgehead atoms. The fourth-order valence-electron chi connectivity index (χ4n) is 3.05. The van der Waals surface area contributed by atoms with E-state index < -0.39 is 10.0 Å². The van der Waals surface area contributed by atoms with Crippen molar-refractivity contribution in [2.45, 2.75) is 30.2 Å². The van der Waals surface area contributed by atoms with Crippen molar-refractivity contribution in [1.29, 1.82) is 0 Å². The molecule has 2 aliphatic heterocycles. The van der Waals surface area contributed by atoms with Gasteiger partial charge in [-0.15, -0.1) is 0 Å². The van der Waals surface area contributed by atoms with Crippen LogP contribution in [-0.4, -0.2) is 44.3 Å². The number of nitrogens with zero attached hydrogens (tertiary/aromatic N) is 1. The molecular weight excluding hydrogens is 290 g/mol. The molecule has 1 unspecified atom stereocenters. The normalized spacial score (nSPS) is 22.9. The van der Waals surface area contributed by atoms with Gasteiger partial charge in [-0.3, -0.25) is 4.79 Å². The standard InChI is InChI=1S/C14H19N3O3S/c15-9-11-2-1-7-17(11)21(19,20)12-4-3-10-5-6-16-14(18)13(10)8-12/h3-4,8,11H,1-2,5-7,9,15H2,(H,16,18). The zero-order valence-electron chi connectivity index (χ0n) is 11.7. The Hall–Kier alpha value is -1.44. The van der Waals surface area contributed by atoms with Crippen LogP contribution in [0.25, 0.3) is 0 Å². The SMILES string of the molecule is NCC1CCCN1S(=O)(=O)c1ccc2c(c1)C(=O)NCC2. The highest BCUT2D eigenvalue weighted by atomic mass is 32.2. The molecular formula is C14H19N3O3S. The van der Waals surface area contributed by atoms with Gasteiger partial charge in [-0.2, -0.15) is 4.31 Å². The minimum absolute atomic E-state index is 0.139. The lowest BCUT2D eigenvalue weighted by molar-refractivity contribution is 0.0945. The van der Waals surface area contributed by atoms with E-state index in [-0.39, 0.29) is 16.8 Å². The molecule has 1 atom stereocenters. The van der Waals surface area contributed by atoms with Gasteiger partial charge in [0.25, 0.3) is 5.91 Å². The zero-order valence-corrected chi connectivity index (χ0v) is 12.5. The van der Waals surface area contributed by atoms with E-state index in [1.807, 2.05) is 0 Å². The van der Waals surface area contributed by atoms with Crippen molar-refractivity contribution in [3.8, 4) is 0 Å². The van der Waals surface area contributed by atoms with Crippen molar-refractivity contribution >= 4 is 15.9 Å². The van der Waals surface area contributed by atoms with Gasteiger partial charge in [0.05, 0.1) is 4.90 Å². The van der Waals surface area contributed by atoms with E-state index in [0.717, 1.165) is 24.8 Å². The molecule has 7 heteroatoms. The lowest BCUT2D eigenvalue weighted by Gasteiger charge is -2.24. The third kappa shape index (κ3) is 2.45. The summed E-state index contributed by atoms with van der Waals surface area (Å²) in [5, 5.41) is 2.74. The quantitative estimate of drug-likeness (QED) is 0.827. The Labute approximate surface area is 124 Å². The van der Waals surface area contributed by atoms with Gasteiger partial charge in [0.2, 0.25) is 10.0 Å². The molecule has 114 valence electrons. The average Bonchev–Trinajstić information content (AvgIpc) is 2.96. The predicted molar refractivity (Wildman–Crippen MR) is 78.4 cm³/mol. The summed E-state index contributed by atoms with van der Waals surface area (Å²) in [6, 6.07) is 4.69. The van der Waals surface area contributed by atoms with Gasteiger partial charge in [-0.25, -0.2) is 8.42 Å². The summed E-state index contributed by atoms with van der Waals surface area (Å²) >= 11 is 0. The maximum Gasteiger partial charge on any atom is 0.251 e. The molecule has 1 aromatic rings. The van der Waals surface area contributed by atoms with E-state index in [2.05, 4.69) is 5.32 Å². The van der Waals surface area contributed by atoms with Crippen LogP contribution in [0.4, 0.5) is 0 Å². The van der Waals surface area contributed by atoms with E-state index in [4.69, 9.17) is 5.73 Å². The first-order valence-electron chi connectivity index (χ1n) is 7.17. The molecule has 2 heterocycles. The largest absolute Gasteiger partial charge is 0.352 e. The monoisotopic (exact) mass is 309 g/mol. The zero-order chi connectivity index (χ0) is 15.0. The smallest absolute Gasteiger partial charge is 0.251 e. The van der Waals surface area contributed by atoms with Crippen LogP contribution in [0, 0.1) is 0 Å². The second kappa shape index (κ2) is 5.40. The van der Waals surface area contributed by atoms with E-state index in [1.165, 1.54) is 10.4 Å². The third-order valence-electron chi connectivity index (χ3n) is 4.21. The molecule has 1 fully saturated rings. The fraction of sp³-hybridized carbons (Fsp3) is 0.500. The van der Waals surface area contributed by atoms with E-state index >= 15 is 0 Å². The summed E-state index contributed by atoms with van der Waals surface area (Å²) in [6.07, 6.45) is 2.35. The van der Waals surface area contributed by atoms with Gasteiger partial charge in [-0.05, 0) is 37.0 Å². The van der Waals surface area contributed by atoms with Crippen LogP contribution in [0.2, 0.25) is 0 Å². The first-order valence-corrected chi connectivity index (χ1v) is 8.61. The van der Waals surface area contributed by atoms with Gasteiger partial charge in [0.1, 0.15) is 0 Å². The highest BCUT2D eigenvalue weighted by Crippen LogP contribution is 2.27. The molecule has 0 saturated carbocycles. The number of carbonyl (C=O) groups is 1. The molecule has 2 aliphatic rings. The second-order valence-corrected chi connectivity index (χ2v) is 7.36. The van der Waals surface area contributed by atoms with Crippen LogP contribution < -0.4 is 11.1 Å². The first kappa shape index (κ1) is 14.5. The second-order valence-electron chi connectivity index (χ2n) is 5.47. The van der Waals surface area contributed by atoms with E-state index in [9.17, 15) is 13.2 Å². The number of benzene rings is 1. The number of rotatable bonds is 3. The molecule has 21 heavy (non-hydrogen) atoms. The summed E-state index contributed by atoms with van der Waals surface area (Å²) in [6.45, 7) is 1.41. The molecule has 1 saturated heterocycles. The average molecular weight is 309 g/mol. The van der Waals surface area contributed by atoms with Gasteiger partial charge >= 0.3 is 0 Å². The fourth-order valence-corrected chi connectivity index (χ4v) is 4.78. The molecule has 1 amide bonds. The number of fused-ring (bicyclic) bond motifs is 1. The first-order chi connectivity index (χ1) is 10.0. The van der Waals surface area contributed by atoms with Crippen molar-refractivity contribution in [1.82, 2.24) is 9.62 Å². The molecule has 0 spiro atoms. The lowest BCUT2D eigenvalue weighted by Crippen LogP contribution is -2.40. The summed E-state index contributed by atoms with van der Waals surface area (Å²) in [4.78, 5) is 12.0.